The number of hydrogen-bond donors (Lipinski definition) is 1. The van der Waals surface area contributed by atoms with Crippen LogP contribution in [0.1, 0.15) is 24.4 Å². The summed E-state index contributed by atoms with van der Waals surface area (Å²) in [6, 6.07) is 28.7. The van der Waals surface area contributed by atoms with Gasteiger partial charge >= 0.3 is 0 Å². The zero-order valence-electron chi connectivity index (χ0n) is 15.6. The molecular formula is C24H23ClNOP. The van der Waals surface area contributed by atoms with E-state index < -0.39 is 7.29 Å². The first kappa shape index (κ1) is 20.4. The standard InChI is InChI=1S/C24H23ClNOP/c25-20-12-4-11-19-24(21-13-5-1-6-14-21)26-28(27,22-15-7-2-8-16-22)23-17-9-3-10-18-23/h1-3,5-10,13-18,24H,4,12,20H2,(H,26,27). The van der Waals surface area contributed by atoms with Gasteiger partial charge in [-0.2, -0.15) is 0 Å². The van der Waals surface area contributed by atoms with Gasteiger partial charge in [-0.05, 0) is 36.2 Å². The summed E-state index contributed by atoms with van der Waals surface area (Å²) in [4.78, 5) is 0. The molecule has 1 atom stereocenters. The summed E-state index contributed by atoms with van der Waals surface area (Å²) in [6.07, 6.45) is 1.56. The maximum absolute atomic E-state index is 14.3. The topological polar surface area (TPSA) is 29.1 Å². The summed E-state index contributed by atoms with van der Waals surface area (Å²) >= 11 is 5.77. The molecule has 3 rings (SSSR count). The summed E-state index contributed by atoms with van der Waals surface area (Å²) in [5.74, 6) is 7.05. The average Bonchev–Trinajstić information content (AvgIpc) is 2.77. The molecule has 142 valence electrons. The van der Waals surface area contributed by atoms with E-state index in [9.17, 15) is 4.57 Å². The number of halogens is 1. The van der Waals surface area contributed by atoms with E-state index in [2.05, 4.69) is 16.9 Å². The van der Waals surface area contributed by atoms with Crippen LogP contribution in [-0.4, -0.2) is 5.88 Å². The molecule has 0 fully saturated rings. The van der Waals surface area contributed by atoms with Gasteiger partial charge in [0.1, 0.15) is 6.04 Å². The van der Waals surface area contributed by atoms with Crippen LogP contribution in [0.3, 0.4) is 0 Å². The molecule has 0 aromatic heterocycles. The lowest BCUT2D eigenvalue weighted by Gasteiger charge is -2.24. The number of hydrogen-bond acceptors (Lipinski definition) is 1. The predicted molar refractivity (Wildman–Crippen MR) is 120 cm³/mol. The first-order chi connectivity index (χ1) is 13.7. The summed E-state index contributed by atoms with van der Waals surface area (Å²) in [7, 11) is -3.08. The highest BCUT2D eigenvalue weighted by Gasteiger charge is 2.30. The Bertz CT molecular complexity index is 921. The van der Waals surface area contributed by atoms with Gasteiger partial charge in [-0.15, -0.1) is 17.5 Å². The number of unbranched alkanes of at least 4 members (excludes halogenated alkanes) is 1. The fraction of sp³-hybridized carbons (Fsp3) is 0.167. The Kier molecular flexibility index (Phi) is 7.52. The van der Waals surface area contributed by atoms with E-state index in [1.54, 1.807) is 0 Å². The molecule has 0 aliphatic rings. The maximum Gasteiger partial charge on any atom is 0.205 e. The van der Waals surface area contributed by atoms with E-state index in [1.807, 2.05) is 91.0 Å². The quantitative estimate of drug-likeness (QED) is 0.250. The lowest BCUT2D eigenvalue weighted by molar-refractivity contribution is 0.574. The molecule has 2 nitrogen and oxygen atoms in total. The minimum absolute atomic E-state index is 0.345. The van der Waals surface area contributed by atoms with Crippen LogP contribution >= 0.6 is 18.9 Å². The zero-order chi connectivity index (χ0) is 19.7. The molecule has 0 saturated carbocycles. The fourth-order valence-corrected chi connectivity index (χ4v) is 5.41. The van der Waals surface area contributed by atoms with Gasteiger partial charge < -0.3 is 0 Å². The van der Waals surface area contributed by atoms with Crippen molar-refractivity contribution in [3.05, 3.63) is 96.6 Å². The van der Waals surface area contributed by atoms with Crippen molar-refractivity contribution in [1.29, 1.82) is 0 Å². The van der Waals surface area contributed by atoms with Gasteiger partial charge in [0.05, 0.1) is 0 Å². The van der Waals surface area contributed by atoms with Crippen molar-refractivity contribution < 1.29 is 4.57 Å². The minimum atomic E-state index is -3.08. The second-order valence-electron chi connectivity index (χ2n) is 6.37. The minimum Gasteiger partial charge on any atom is -0.296 e. The number of nitrogens with one attached hydrogen (secondary N) is 1. The number of alkyl halides is 1. The monoisotopic (exact) mass is 407 g/mol. The van der Waals surface area contributed by atoms with Crippen molar-refractivity contribution >= 4 is 29.5 Å². The average molecular weight is 408 g/mol. The highest BCUT2D eigenvalue weighted by molar-refractivity contribution is 7.76. The number of rotatable bonds is 7. The molecule has 0 bridgehead atoms. The van der Waals surface area contributed by atoms with Crippen LogP contribution in [0, 0.1) is 11.8 Å². The van der Waals surface area contributed by atoms with Crippen LogP contribution in [0.4, 0.5) is 0 Å². The highest BCUT2D eigenvalue weighted by atomic mass is 35.5. The Hall–Kier alpha value is -2.30. The van der Waals surface area contributed by atoms with Crippen molar-refractivity contribution in [2.75, 3.05) is 5.88 Å². The lowest BCUT2D eigenvalue weighted by atomic mass is 10.1. The summed E-state index contributed by atoms with van der Waals surface area (Å²) in [5.41, 5.74) is 0.993. The molecule has 1 N–H and O–H groups in total. The Morgan fingerprint density at radius 2 is 1.32 bits per heavy atom. The lowest BCUT2D eigenvalue weighted by Crippen LogP contribution is -2.30. The molecule has 28 heavy (non-hydrogen) atoms. The third-order valence-corrected chi connectivity index (χ3v) is 7.31. The van der Waals surface area contributed by atoms with Gasteiger partial charge in [0, 0.05) is 22.9 Å². The smallest absolute Gasteiger partial charge is 0.205 e. The van der Waals surface area contributed by atoms with Crippen molar-refractivity contribution in [2.24, 2.45) is 0 Å². The molecule has 0 aliphatic heterocycles. The Morgan fingerprint density at radius 1 is 0.821 bits per heavy atom. The van der Waals surface area contributed by atoms with Gasteiger partial charge in [-0.3, -0.25) is 4.57 Å². The van der Waals surface area contributed by atoms with E-state index >= 15 is 0 Å². The summed E-state index contributed by atoms with van der Waals surface area (Å²) in [5, 5.41) is 4.94. The van der Waals surface area contributed by atoms with E-state index in [-0.39, 0.29) is 6.04 Å². The van der Waals surface area contributed by atoms with Crippen LogP contribution in [0.15, 0.2) is 91.0 Å². The van der Waals surface area contributed by atoms with E-state index in [1.165, 1.54) is 0 Å². The van der Waals surface area contributed by atoms with Crippen LogP contribution in [0.5, 0.6) is 0 Å². The van der Waals surface area contributed by atoms with Crippen LogP contribution in [-0.2, 0) is 4.57 Å². The molecule has 0 heterocycles. The number of benzene rings is 3. The van der Waals surface area contributed by atoms with E-state index in [0.29, 0.717) is 5.88 Å². The fourth-order valence-electron chi connectivity index (χ4n) is 2.92. The molecule has 0 saturated heterocycles. The maximum atomic E-state index is 14.3. The van der Waals surface area contributed by atoms with Crippen LogP contribution < -0.4 is 15.7 Å². The molecule has 0 spiro atoms. The van der Waals surface area contributed by atoms with Crippen molar-refractivity contribution in [3.63, 3.8) is 0 Å². The van der Waals surface area contributed by atoms with E-state index in [4.69, 9.17) is 11.6 Å². The Labute approximate surface area is 172 Å². The van der Waals surface area contributed by atoms with Crippen molar-refractivity contribution in [3.8, 4) is 11.8 Å². The molecule has 4 heteroatoms. The van der Waals surface area contributed by atoms with Crippen molar-refractivity contribution in [1.82, 2.24) is 5.09 Å². The molecular weight excluding hydrogens is 385 g/mol. The Morgan fingerprint density at radius 3 is 1.82 bits per heavy atom. The van der Waals surface area contributed by atoms with Gasteiger partial charge in [-0.25, -0.2) is 5.09 Å². The normalized spacial score (nSPS) is 12.0. The third-order valence-electron chi connectivity index (χ3n) is 4.37. The van der Waals surface area contributed by atoms with Crippen LogP contribution in [0.2, 0.25) is 0 Å². The first-order valence-electron chi connectivity index (χ1n) is 9.32. The van der Waals surface area contributed by atoms with E-state index in [0.717, 1.165) is 29.0 Å². The molecule has 0 radical (unpaired) electrons. The molecule has 0 amide bonds. The van der Waals surface area contributed by atoms with Crippen molar-refractivity contribution in [2.45, 2.75) is 18.9 Å². The molecule has 3 aromatic rings. The third kappa shape index (κ3) is 5.15. The zero-order valence-corrected chi connectivity index (χ0v) is 17.2. The molecule has 1 unspecified atom stereocenters. The second kappa shape index (κ2) is 10.3. The van der Waals surface area contributed by atoms with Gasteiger partial charge in [0.25, 0.3) is 0 Å². The van der Waals surface area contributed by atoms with Crippen LogP contribution in [0.25, 0.3) is 0 Å². The SMILES string of the molecule is O=P(NC(C#CCCCCl)c1ccccc1)(c1ccccc1)c1ccccc1. The van der Waals surface area contributed by atoms with Gasteiger partial charge in [-0.1, -0.05) is 72.7 Å². The summed E-state index contributed by atoms with van der Waals surface area (Å²) < 4.78 is 14.3. The molecule has 3 aromatic carbocycles. The first-order valence-corrected chi connectivity index (χ1v) is 11.6. The largest absolute Gasteiger partial charge is 0.296 e. The van der Waals surface area contributed by atoms with Gasteiger partial charge in [0.15, 0.2) is 0 Å². The van der Waals surface area contributed by atoms with Gasteiger partial charge in [0.2, 0.25) is 7.29 Å². The molecule has 0 aliphatic carbocycles. The Balaban J connectivity index is 2.03. The predicted octanol–water partition coefficient (Wildman–Crippen LogP) is 5.27. The second-order valence-corrected chi connectivity index (χ2v) is 9.25. The summed E-state index contributed by atoms with van der Waals surface area (Å²) in [6.45, 7) is 0. The highest BCUT2D eigenvalue weighted by Crippen LogP contribution is 2.41.